The number of rotatable bonds is 3. The molecule has 2 aliphatic rings. The number of fused-ring (bicyclic) bond motifs is 1. The lowest BCUT2D eigenvalue weighted by molar-refractivity contribution is 0.216. The number of halogens is 1. The van der Waals surface area contributed by atoms with Gasteiger partial charge in [-0.2, -0.15) is 0 Å². The first-order chi connectivity index (χ1) is 14.7. The van der Waals surface area contributed by atoms with Crippen molar-refractivity contribution in [2.75, 3.05) is 24.5 Å². The molecule has 1 atom stereocenters. The molecule has 0 N–H and O–H groups in total. The number of hydrogen-bond acceptors (Lipinski definition) is 3. The van der Waals surface area contributed by atoms with Crippen LogP contribution in [0.5, 0.6) is 0 Å². The molecule has 2 aliphatic heterocycles. The number of likely N-dealkylation sites (tertiary alicyclic amines) is 1. The van der Waals surface area contributed by atoms with Crippen molar-refractivity contribution in [1.29, 1.82) is 0 Å². The summed E-state index contributed by atoms with van der Waals surface area (Å²) in [5, 5.41) is 0. The lowest BCUT2D eigenvalue weighted by Crippen LogP contribution is -2.47. The molecular weight excluding hydrogens is 375 g/mol. The molecule has 5 rings (SSSR count). The van der Waals surface area contributed by atoms with Crippen LogP contribution in [0.25, 0.3) is 5.69 Å². The van der Waals surface area contributed by atoms with E-state index in [2.05, 4.69) is 51.4 Å². The standard InChI is InChI=1S/C19H26N4.C6H5F/c1-3-21-9-6-17(7-10-21)23-15(2)12-16-4-5-18(13-19(16)23)22-11-8-20-14-22;7-6-4-2-1-3-5-6/h4-5,8,11,13-15,17H,3,6-7,9-10,12H2,1-2H3;1-5H. The molecule has 1 fully saturated rings. The minimum Gasteiger partial charge on any atom is -0.365 e. The summed E-state index contributed by atoms with van der Waals surface area (Å²) in [7, 11) is 0. The molecule has 3 aromatic rings. The average molecular weight is 407 g/mol. The van der Waals surface area contributed by atoms with E-state index in [1.807, 2.05) is 18.7 Å². The van der Waals surface area contributed by atoms with Gasteiger partial charge in [0.2, 0.25) is 0 Å². The Kier molecular flexibility index (Phi) is 6.48. The van der Waals surface area contributed by atoms with Crippen molar-refractivity contribution >= 4 is 5.69 Å². The van der Waals surface area contributed by atoms with Crippen molar-refractivity contribution in [2.24, 2.45) is 0 Å². The number of imidazole rings is 1. The molecule has 0 saturated carbocycles. The molecule has 0 radical (unpaired) electrons. The molecule has 1 saturated heterocycles. The molecule has 1 aromatic heterocycles. The van der Waals surface area contributed by atoms with Crippen LogP contribution in [0.3, 0.4) is 0 Å². The highest BCUT2D eigenvalue weighted by molar-refractivity contribution is 5.64. The summed E-state index contributed by atoms with van der Waals surface area (Å²) in [6, 6.07) is 16.1. The summed E-state index contributed by atoms with van der Waals surface area (Å²) < 4.78 is 14.0. The van der Waals surface area contributed by atoms with Gasteiger partial charge in [0.1, 0.15) is 5.82 Å². The van der Waals surface area contributed by atoms with Crippen LogP contribution in [0.2, 0.25) is 0 Å². The van der Waals surface area contributed by atoms with Crippen LogP contribution >= 0.6 is 0 Å². The third-order valence-corrected chi connectivity index (χ3v) is 6.27. The van der Waals surface area contributed by atoms with Crippen molar-refractivity contribution in [1.82, 2.24) is 14.5 Å². The Hall–Kier alpha value is -2.66. The zero-order valence-electron chi connectivity index (χ0n) is 17.9. The molecule has 1 unspecified atom stereocenters. The van der Waals surface area contributed by atoms with Crippen LogP contribution in [-0.2, 0) is 6.42 Å². The third-order valence-electron chi connectivity index (χ3n) is 6.27. The van der Waals surface area contributed by atoms with E-state index in [1.165, 1.54) is 68.0 Å². The summed E-state index contributed by atoms with van der Waals surface area (Å²) in [4.78, 5) is 9.44. The van der Waals surface area contributed by atoms with E-state index < -0.39 is 0 Å². The Balaban J connectivity index is 0.000000265. The molecule has 0 bridgehead atoms. The molecule has 158 valence electrons. The SMILES string of the molecule is CCN1CCC(N2c3cc(-n4ccnc4)ccc3CC2C)CC1.Fc1ccccc1. The number of hydrogen-bond donors (Lipinski definition) is 0. The van der Waals surface area contributed by atoms with Gasteiger partial charge in [0.15, 0.2) is 0 Å². The van der Waals surface area contributed by atoms with Crippen LogP contribution in [0, 0.1) is 5.82 Å². The largest absolute Gasteiger partial charge is 0.365 e. The van der Waals surface area contributed by atoms with Crippen molar-refractivity contribution in [3.63, 3.8) is 0 Å². The molecule has 0 amide bonds. The monoisotopic (exact) mass is 406 g/mol. The topological polar surface area (TPSA) is 24.3 Å². The molecular formula is C25H31FN4. The third kappa shape index (κ3) is 4.57. The molecule has 0 aliphatic carbocycles. The van der Waals surface area contributed by atoms with E-state index in [0.29, 0.717) is 12.1 Å². The van der Waals surface area contributed by atoms with Crippen LogP contribution in [0.1, 0.15) is 32.3 Å². The van der Waals surface area contributed by atoms with Gasteiger partial charge in [-0.3, -0.25) is 0 Å². The van der Waals surface area contributed by atoms with Crippen LogP contribution in [0.15, 0.2) is 67.3 Å². The number of nitrogens with zero attached hydrogens (tertiary/aromatic N) is 4. The first kappa shape index (κ1) is 20.6. The highest BCUT2D eigenvalue weighted by atomic mass is 19.1. The Morgan fingerprint density at radius 2 is 1.83 bits per heavy atom. The first-order valence-corrected chi connectivity index (χ1v) is 11.0. The fourth-order valence-electron chi connectivity index (χ4n) is 4.68. The van der Waals surface area contributed by atoms with Gasteiger partial charge in [0.25, 0.3) is 0 Å². The van der Waals surface area contributed by atoms with Crippen LogP contribution in [-0.4, -0.2) is 46.2 Å². The van der Waals surface area contributed by atoms with Crippen molar-refractivity contribution in [3.05, 3.63) is 78.6 Å². The fourth-order valence-corrected chi connectivity index (χ4v) is 4.68. The van der Waals surface area contributed by atoms with E-state index in [0.717, 1.165) is 0 Å². The average Bonchev–Trinajstić information content (AvgIpc) is 3.42. The second kappa shape index (κ2) is 9.43. The Morgan fingerprint density at radius 3 is 2.43 bits per heavy atom. The highest BCUT2D eigenvalue weighted by Crippen LogP contribution is 2.37. The molecule has 30 heavy (non-hydrogen) atoms. The summed E-state index contributed by atoms with van der Waals surface area (Å²) in [6.07, 6.45) is 9.48. The van der Waals surface area contributed by atoms with E-state index >= 15 is 0 Å². The van der Waals surface area contributed by atoms with Crippen molar-refractivity contribution in [3.8, 4) is 5.69 Å². The smallest absolute Gasteiger partial charge is 0.123 e. The molecule has 0 spiro atoms. The Labute approximate surface area is 179 Å². The number of benzene rings is 2. The van der Waals surface area contributed by atoms with E-state index in [4.69, 9.17) is 0 Å². The quantitative estimate of drug-likeness (QED) is 0.616. The van der Waals surface area contributed by atoms with Gasteiger partial charge in [0, 0.05) is 48.9 Å². The normalized spacial score (nSPS) is 19.3. The second-order valence-corrected chi connectivity index (χ2v) is 8.20. The second-order valence-electron chi connectivity index (χ2n) is 8.20. The Morgan fingerprint density at radius 1 is 1.07 bits per heavy atom. The minimum atomic E-state index is -0.178. The zero-order chi connectivity index (χ0) is 20.9. The molecule has 4 nitrogen and oxygen atoms in total. The maximum atomic E-state index is 11.9. The van der Waals surface area contributed by atoms with Gasteiger partial charge in [-0.25, -0.2) is 9.37 Å². The van der Waals surface area contributed by atoms with Gasteiger partial charge in [0.05, 0.1) is 6.33 Å². The Bertz CT molecular complexity index is 918. The maximum absolute atomic E-state index is 11.9. The summed E-state index contributed by atoms with van der Waals surface area (Å²) >= 11 is 0. The number of anilines is 1. The van der Waals surface area contributed by atoms with E-state index in [9.17, 15) is 4.39 Å². The summed E-state index contributed by atoms with van der Waals surface area (Å²) in [5.74, 6) is -0.178. The lowest BCUT2D eigenvalue weighted by atomic mass is 10.0. The maximum Gasteiger partial charge on any atom is 0.123 e. The van der Waals surface area contributed by atoms with Gasteiger partial charge >= 0.3 is 0 Å². The summed E-state index contributed by atoms with van der Waals surface area (Å²) in [5.41, 5.74) is 4.16. The van der Waals surface area contributed by atoms with Gasteiger partial charge in [-0.05, 0) is 62.6 Å². The predicted octanol–water partition coefficient (Wildman–Crippen LogP) is 4.93. The van der Waals surface area contributed by atoms with Crippen molar-refractivity contribution < 1.29 is 4.39 Å². The van der Waals surface area contributed by atoms with Crippen LogP contribution < -0.4 is 4.90 Å². The highest BCUT2D eigenvalue weighted by Gasteiger charge is 2.33. The van der Waals surface area contributed by atoms with Gasteiger partial charge < -0.3 is 14.4 Å². The van der Waals surface area contributed by atoms with Gasteiger partial charge in [-0.1, -0.05) is 31.2 Å². The van der Waals surface area contributed by atoms with Gasteiger partial charge in [-0.15, -0.1) is 0 Å². The minimum absolute atomic E-state index is 0.178. The number of aromatic nitrogens is 2. The molecule has 3 heterocycles. The fraction of sp³-hybridized carbons (Fsp3) is 0.400. The van der Waals surface area contributed by atoms with Crippen molar-refractivity contribution in [2.45, 2.75) is 45.2 Å². The first-order valence-electron chi connectivity index (χ1n) is 11.0. The number of piperidine rings is 1. The molecule has 2 aromatic carbocycles. The van der Waals surface area contributed by atoms with Crippen LogP contribution in [0.4, 0.5) is 10.1 Å². The molecule has 5 heteroatoms. The zero-order valence-corrected chi connectivity index (χ0v) is 17.9. The summed E-state index contributed by atoms with van der Waals surface area (Å²) in [6.45, 7) is 8.31. The van der Waals surface area contributed by atoms with E-state index in [-0.39, 0.29) is 5.82 Å². The predicted molar refractivity (Wildman–Crippen MR) is 121 cm³/mol. The van der Waals surface area contributed by atoms with E-state index in [1.54, 1.807) is 18.2 Å². The lowest BCUT2D eigenvalue weighted by Gasteiger charge is -2.40.